The molecule has 0 atom stereocenters. The van der Waals surface area contributed by atoms with Gasteiger partial charge in [-0.1, -0.05) is 36.4 Å². The molecule has 0 bridgehead atoms. The number of alkyl halides is 2. The average molecular weight is 841 g/mol. The number of hydrogen-bond donors (Lipinski definition) is 2. The van der Waals surface area contributed by atoms with Crippen LogP contribution in [0.2, 0.25) is 0 Å². The molecule has 0 unspecified atom stereocenters. The van der Waals surface area contributed by atoms with Gasteiger partial charge in [-0.15, -0.1) is 0 Å². The van der Waals surface area contributed by atoms with Crippen molar-refractivity contribution < 1.29 is 50.3 Å². The molecule has 0 spiro atoms. The van der Waals surface area contributed by atoms with Gasteiger partial charge in [-0.3, -0.25) is 33.9 Å². The summed E-state index contributed by atoms with van der Waals surface area (Å²) in [7, 11) is 0. The molecule has 6 aromatic rings. The van der Waals surface area contributed by atoms with Gasteiger partial charge in [0.25, 0.3) is 17.7 Å². The molecule has 2 aromatic heterocycles. The van der Waals surface area contributed by atoms with E-state index in [0.717, 1.165) is 18.2 Å². The van der Waals surface area contributed by atoms with Gasteiger partial charge in [0.2, 0.25) is 0 Å². The van der Waals surface area contributed by atoms with Gasteiger partial charge >= 0.3 is 6.43 Å². The molecule has 0 fully saturated rings. The number of hydrogen-bond acceptors (Lipinski definition) is 8. The van der Waals surface area contributed by atoms with E-state index >= 15 is 0 Å². The highest BCUT2D eigenvalue weighted by Crippen LogP contribution is 2.25. The third-order valence-corrected chi connectivity index (χ3v) is 8.80. The molecule has 312 valence electrons. The van der Waals surface area contributed by atoms with Gasteiger partial charge < -0.3 is 20.9 Å². The second-order valence-electron chi connectivity index (χ2n) is 12.9. The zero-order valence-electron chi connectivity index (χ0n) is 31.8. The number of nitrogens with zero attached hydrogens (tertiary/aromatic N) is 4. The van der Waals surface area contributed by atoms with E-state index < -0.39 is 59.7 Å². The predicted molar refractivity (Wildman–Crippen MR) is 212 cm³/mol. The van der Waals surface area contributed by atoms with E-state index in [0.29, 0.717) is 5.56 Å². The summed E-state index contributed by atoms with van der Waals surface area (Å²) in [5.41, 5.74) is 6.55. The van der Waals surface area contributed by atoms with Crippen LogP contribution in [0.25, 0.3) is 0 Å². The molecule has 17 heteroatoms. The first-order valence-corrected chi connectivity index (χ1v) is 18.1. The first-order chi connectivity index (χ1) is 29.2. The van der Waals surface area contributed by atoms with Crippen LogP contribution < -0.4 is 20.9 Å². The first kappa shape index (κ1) is 44.6. The number of aromatic nitrogens is 2. The number of benzene rings is 4. The monoisotopic (exact) mass is 840 g/mol. The van der Waals surface area contributed by atoms with E-state index in [-0.39, 0.29) is 64.6 Å². The molecule has 6 rings (SSSR count). The number of anilines is 2. The van der Waals surface area contributed by atoms with Crippen molar-refractivity contribution in [1.29, 1.82) is 0 Å². The molecular formula is C44H34F6N6O5. The largest absolute Gasteiger partial charge is 0.344 e. The van der Waals surface area contributed by atoms with Crippen molar-refractivity contribution >= 4 is 40.7 Å². The molecular weight excluding hydrogens is 807 g/mol. The Morgan fingerprint density at radius 2 is 0.984 bits per heavy atom. The molecule has 0 saturated heterocycles. The maximum Gasteiger partial charge on any atom is 0.315 e. The second kappa shape index (κ2) is 20.9. The Hall–Kier alpha value is -7.53. The van der Waals surface area contributed by atoms with Crippen LogP contribution in [0.4, 0.5) is 37.7 Å². The van der Waals surface area contributed by atoms with Crippen molar-refractivity contribution in [1.82, 2.24) is 15.3 Å². The number of nitrogens with two attached hydrogens (primary N) is 1. The minimum Gasteiger partial charge on any atom is -0.344 e. The highest BCUT2D eigenvalue weighted by Gasteiger charge is 2.23. The van der Waals surface area contributed by atoms with E-state index in [4.69, 9.17) is 5.73 Å². The quantitative estimate of drug-likeness (QED) is 0.0869. The van der Waals surface area contributed by atoms with Crippen LogP contribution in [-0.2, 0) is 17.9 Å². The lowest BCUT2D eigenvalue weighted by atomic mass is 10.1. The lowest BCUT2D eigenvalue weighted by Gasteiger charge is -2.23. The Morgan fingerprint density at radius 1 is 0.557 bits per heavy atom. The normalized spacial score (nSPS) is 10.6. The molecule has 11 nitrogen and oxygen atoms in total. The molecule has 3 N–H and O–H groups in total. The number of halogens is 6. The van der Waals surface area contributed by atoms with E-state index in [1.807, 2.05) is 0 Å². The summed E-state index contributed by atoms with van der Waals surface area (Å²) in [5.74, 6) is -6.34. The number of carbonyl (C=O) groups is 5. The van der Waals surface area contributed by atoms with Crippen LogP contribution in [0.3, 0.4) is 0 Å². The standard InChI is InChI=1S/C23H17F4N3O3.C21H17F2N3O2/c24-17-2-1-3-18(11-17)30(23(33)14-6-8-28-9-7-14)13-16-5-4-15(10-19(16)25)20(31)12-29-22(32)21(26)27;22-17-2-1-3-18(11-17)26(21(28)14-6-8-25-9-7-14)13-16-5-4-15(10-19(16)23)20(27)12-24/h1-11,21H,12-13H2,(H,29,32);1-11H,12-13,24H2. The maximum absolute atomic E-state index is 14.8. The van der Waals surface area contributed by atoms with E-state index in [1.165, 1.54) is 120 Å². The fourth-order valence-corrected chi connectivity index (χ4v) is 5.65. The summed E-state index contributed by atoms with van der Waals surface area (Å²) >= 11 is 0. The highest BCUT2D eigenvalue weighted by atomic mass is 19.3. The van der Waals surface area contributed by atoms with Crippen LogP contribution in [-0.4, -0.2) is 58.8 Å². The van der Waals surface area contributed by atoms with Crippen LogP contribution in [0.5, 0.6) is 0 Å². The predicted octanol–water partition coefficient (Wildman–Crippen LogP) is 7.12. The summed E-state index contributed by atoms with van der Waals surface area (Å²) < 4.78 is 81.3. The molecule has 0 aliphatic heterocycles. The number of pyridine rings is 2. The zero-order valence-corrected chi connectivity index (χ0v) is 31.8. The van der Waals surface area contributed by atoms with Crippen LogP contribution in [0.1, 0.15) is 52.6 Å². The van der Waals surface area contributed by atoms with E-state index in [2.05, 4.69) is 9.97 Å². The van der Waals surface area contributed by atoms with Crippen molar-refractivity contribution in [3.05, 3.63) is 191 Å². The molecule has 61 heavy (non-hydrogen) atoms. The van der Waals surface area contributed by atoms with Gasteiger partial charge in [-0.25, -0.2) is 17.6 Å². The molecule has 0 radical (unpaired) electrons. The fraction of sp³-hybridized carbons (Fsp3) is 0.114. The first-order valence-electron chi connectivity index (χ1n) is 18.1. The van der Waals surface area contributed by atoms with Crippen molar-refractivity contribution in [2.24, 2.45) is 5.73 Å². The highest BCUT2D eigenvalue weighted by molar-refractivity contribution is 6.07. The van der Waals surface area contributed by atoms with Crippen molar-refractivity contribution in [3.63, 3.8) is 0 Å². The molecule has 2 heterocycles. The third kappa shape index (κ3) is 12.0. The maximum atomic E-state index is 14.8. The zero-order chi connectivity index (χ0) is 44.1. The molecule has 3 amide bonds. The molecule has 0 saturated carbocycles. The van der Waals surface area contributed by atoms with E-state index in [9.17, 15) is 50.3 Å². The molecule has 0 aliphatic carbocycles. The fourth-order valence-electron chi connectivity index (χ4n) is 5.65. The smallest absolute Gasteiger partial charge is 0.315 e. The summed E-state index contributed by atoms with van der Waals surface area (Å²) in [5, 5.41) is 1.75. The third-order valence-electron chi connectivity index (χ3n) is 8.80. The second-order valence-corrected chi connectivity index (χ2v) is 12.9. The van der Waals surface area contributed by atoms with Crippen molar-refractivity contribution in [3.8, 4) is 0 Å². The SMILES string of the molecule is NCC(=O)c1ccc(CN(C(=O)c2ccncc2)c2cccc(F)c2)c(F)c1.O=C(CNC(=O)C(F)F)c1ccc(CN(C(=O)c2ccncc2)c2cccc(F)c2)c(F)c1. The minimum atomic E-state index is -3.27. The number of amides is 3. The molecule has 0 aliphatic rings. The van der Waals surface area contributed by atoms with Gasteiger partial charge in [0.1, 0.15) is 23.3 Å². The van der Waals surface area contributed by atoms with Crippen LogP contribution in [0.15, 0.2) is 134 Å². The van der Waals surface area contributed by atoms with Crippen LogP contribution in [0, 0.1) is 23.3 Å². The van der Waals surface area contributed by atoms with Crippen LogP contribution >= 0.6 is 0 Å². The van der Waals surface area contributed by atoms with Gasteiger partial charge in [0, 0.05) is 69.5 Å². The summed E-state index contributed by atoms with van der Waals surface area (Å²) in [6, 6.07) is 24.0. The summed E-state index contributed by atoms with van der Waals surface area (Å²) in [4.78, 5) is 70.8. The van der Waals surface area contributed by atoms with Gasteiger partial charge in [0.05, 0.1) is 26.2 Å². The summed E-state index contributed by atoms with van der Waals surface area (Å²) in [6.45, 7) is -1.38. The lowest BCUT2D eigenvalue weighted by molar-refractivity contribution is -0.131. The Kier molecular flexibility index (Phi) is 15.3. The Balaban J connectivity index is 0.000000234. The summed E-state index contributed by atoms with van der Waals surface area (Å²) in [6.07, 6.45) is 2.47. The number of Topliss-reactive ketones (excluding diaryl/α,β-unsaturated/α-hetero) is 2. The Labute approximate surface area is 344 Å². The van der Waals surface area contributed by atoms with Gasteiger partial charge in [-0.05, 0) is 72.8 Å². The Morgan fingerprint density at radius 3 is 1.36 bits per heavy atom. The van der Waals surface area contributed by atoms with Crippen molar-refractivity contribution in [2.75, 3.05) is 22.9 Å². The number of rotatable bonds is 14. The van der Waals surface area contributed by atoms with E-state index in [1.54, 1.807) is 11.4 Å². The molecule has 4 aromatic carbocycles. The number of carbonyl (C=O) groups excluding carboxylic acids is 5. The average Bonchev–Trinajstić information content (AvgIpc) is 3.27. The number of nitrogens with one attached hydrogen (secondary N) is 1. The van der Waals surface area contributed by atoms with Crippen molar-refractivity contribution in [2.45, 2.75) is 19.5 Å². The van der Waals surface area contributed by atoms with Gasteiger partial charge in [-0.2, -0.15) is 8.78 Å². The minimum absolute atomic E-state index is 0.0230. The Bertz CT molecular complexity index is 2530. The lowest BCUT2D eigenvalue weighted by Crippen LogP contribution is -2.34. The number of ketones is 2. The van der Waals surface area contributed by atoms with Gasteiger partial charge in [0.15, 0.2) is 11.6 Å². The topological polar surface area (TPSA) is 156 Å².